The zero-order chi connectivity index (χ0) is 29.1. The lowest BCUT2D eigenvalue weighted by atomic mass is 9.73. The van der Waals surface area contributed by atoms with Crippen molar-refractivity contribution < 1.29 is 0 Å². The number of rotatable bonds is 9. The molecule has 0 spiro atoms. The Labute approximate surface area is 255 Å². The average Bonchev–Trinajstić information content (AvgIpc) is 2.94. The van der Waals surface area contributed by atoms with Crippen molar-refractivity contribution in [2.75, 3.05) is 0 Å². The Balaban J connectivity index is 1.45. The Morgan fingerprint density at radius 3 is 1.80 bits per heavy atom. The first-order valence-corrected chi connectivity index (χ1v) is 19.8. The quantitative estimate of drug-likeness (QED) is 0.271. The average molecular weight is 593 g/mol. The Morgan fingerprint density at radius 1 is 0.683 bits per heavy atom. The fourth-order valence-corrected chi connectivity index (χ4v) is 17.7. The molecule has 3 saturated carbocycles. The monoisotopic (exact) mass is 592 g/mol. The van der Waals surface area contributed by atoms with Gasteiger partial charge in [-0.2, -0.15) is 0 Å². The van der Waals surface area contributed by atoms with Crippen LogP contribution >= 0.6 is 15.8 Å². The highest BCUT2D eigenvalue weighted by molar-refractivity contribution is 7.68. The zero-order valence-electron chi connectivity index (χ0n) is 27.1. The number of pyridine rings is 2. The molecule has 2 heterocycles. The molecule has 2 aromatic rings. The maximum Gasteiger partial charge on any atom is 0.0638 e. The summed E-state index contributed by atoms with van der Waals surface area (Å²) >= 11 is 0. The van der Waals surface area contributed by atoms with Crippen molar-refractivity contribution in [2.24, 2.45) is 17.3 Å². The first kappa shape index (κ1) is 31.6. The molecule has 0 aromatic carbocycles. The molecule has 0 saturated heterocycles. The minimum atomic E-state index is -0.391. The fraction of sp³-hybridized carbons (Fsp3) is 0.730. The molecule has 4 heteroatoms. The molecule has 0 amide bonds. The third-order valence-electron chi connectivity index (χ3n) is 10.9. The van der Waals surface area contributed by atoms with E-state index in [9.17, 15) is 0 Å². The molecule has 5 atom stereocenters. The van der Waals surface area contributed by atoms with Gasteiger partial charge in [-0.3, -0.25) is 9.97 Å². The molecular formula is C37H58N2P2. The summed E-state index contributed by atoms with van der Waals surface area (Å²) in [6.07, 6.45) is 24.0. The van der Waals surface area contributed by atoms with Crippen LogP contribution in [0.4, 0.5) is 0 Å². The smallest absolute Gasteiger partial charge is 0.0638 e. The molecule has 0 radical (unpaired) electrons. The molecule has 0 aliphatic heterocycles. The van der Waals surface area contributed by atoms with Crippen molar-refractivity contribution in [3.8, 4) is 0 Å². The highest BCUT2D eigenvalue weighted by Crippen LogP contribution is 2.66. The molecule has 5 unspecified atom stereocenters. The first-order chi connectivity index (χ1) is 19.6. The lowest BCUT2D eigenvalue weighted by Gasteiger charge is -2.51. The van der Waals surface area contributed by atoms with E-state index in [-0.39, 0.29) is 18.2 Å². The Kier molecular flexibility index (Phi) is 10.3. The molecule has 41 heavy (non-hydrogen) atoms. The van der Waals surface area contributed by atoms with Gasteiger partial charge in [-0.1, -0.05) is 105 Å². The maximum absolute atomic E-state index is 5.12. The van der Waals surface area contributed by atoms with E-state index >= 15 is 0 Å². The van der Waals surface area contributed by atoms with Crippen molar-refractivity contribution >= 4 is 26.7 Å². The molecule has 0 N–H and O–H groups in total. The molecule has 3 fully saturated rings. The lowest BCUT2D eigenvalue weighted by molar-refractivity contribution is 0.198. The van der Waals surface area contributed by atoms with E-state index in [1.54, 1.807) is 0 Å². The van der Waals surface area contributed by atoms with Gasteiger partial charge in [-0.15, -0.1) is 0 Å². The summed E-state index contributed by atoms with van der Waals surface area (Å²) in [5.41, 5.74) is 4.82. The van der Waals surface area contributed by atoms with Gasteiger partial charge in [-0.05, 0) is 118 Å². The van der Waals surface area contributed by atoms with Gasteiger partial charge >= 0.3 is 0 Å². The van der Waals surface area contributed by atoms with Gasteiger partial charge in [0, 0.05) is 12.4 Å². The van der Waals surface area contributed by atoms with Crippen LogP contribution in [0.15, 0.2) is 48.8 Å². The molecule has 3 aliphatic carbocycles. The molecule has 0 bridgehead atoms. The molecule has 226 valence electrons. The summed E-state index contributed by atoms with van der Waals surface area (Å²) in [5, 5.41) is 0.448. The van der Waals surface area contributed by atoms with Crippen LogP contribution in [0.3, 0.4) is 0 Å². The number of nitrogens with zero attached hydrogens (tertiary/aromatic N) is 2. The van der Waals surface area contributed by atoms with Crippen LogP contribution in [-0.2, 0) is 0 Å². The summed E-state index contributed by atoms with van der Waals surface area (Å²) in [6, 6.07) is 13.5. The summed E-state index contributed by atoms with van der Waals surface area (Å²) < 4.78 is 0. The van der Waals surface area contributed by atoms with E-state index in [2.05, 4.69) is 84.1 Å². The molecule has 2 nitrogen and oxygen atoms in total. The third kappa shape index (κ3) is 7.82. The van der Waals surface area contributed by atoms with E-state index in [4.69, 9.17) is 9.97 Å². The minimum absolute atomic E-state index is 0.220. The summed E-state index contributed by atoms with van der Waals surface area (Å²) in [4.78, 5) is 10.2. The molecule has 3 aliphatic rings. The van der Waals surface area contributed by atoms with E-state index in [1.165, 1.54) is 101 Å². The maximum atomic E-state index is 5.12. The van der Waals surface area contributed by atoms with Gasteiger partial charge in [0.05, 0.1) is 10.9 Å². The van der Waals surface area contributed by atoms with Crippen molar-refractivity contribution in [1.29, 1.82) is 0 Å². The normalized spacial score (nSPS) is 27.7. The van der Waals surface area contributed by atoms with Gasteiger partial charge in [0.1, 0.15) is 0 Å². The molecular weight excluding hydrogens is 534 g/mol. The van der Waals surface area contributed by atoms with Crippen molar-refractivity contribution in [3.05, 3.63) is 48.8 Å². The lowest BCUT2D eigenvalue weighted by Crippen LogP contribution is -2.42. The predicted molar refractivity (Wildman–Crippen MR) is 183 cm³/mol. The Bertz CT molecular complexity index is 1080. The predicted octanol–water partition coefficient (Wildman–Crippen LogP) is 10.4. The van der Waals surface area contributed by atoms with E-state index < -0.39 is 7.92 Å². The highest BCUT2D eigenvalue weighted by Gasteiger charge is 2.48. The summed E-state index contributed by atoms with van der Waals surface area (Å²) in [5.74, 6) is 1.93. The van der Waals surface area contributed by atoms with Crippen LogP contribution in [0.2, 0.25) is 0 Å². The second-order valence-corrected chi connectivity index (χ2v) is 22.1. The highest BCUT2D eigenvalue weighted by atomic mass is 31.1. The van der Waals surface area contributed by atoms with Gasteiger partial charge in [-0.25, -0.2) is 0 Å². The van der Waals surface area contributed by atoms with Crippen LogP contribution in [0.5, 0.6) is 0 Å². The second-order valence-electron chi connectivity index (χ2n) is 15.8. The summed E-state index contributed by atoms with van der Waals surface area (Å²) in [7, 11) is -0.772. The SMILES string of the molecule is CC1(C)CCCC(P(c2ccccn2)C(C)(C)CC(C)(C)P(c2ccccn2)C2CCCC(C3CCCCC3)C2)C1. The standard InChI is InChI=1S/C37H58N2P2/c1-35(2)23-15-20-32(27-35)41(34-22-11-13-25-39-34)37(5,6)28-36(3,4)40(33-21-10-12-24-38-33)31-19-14-18-30(26-31)29-16-8-7-9-17-29/h10-13,21-22,24-25,29-32H,7-9,14-20,23,26-28H2,1-6H3. The van der Waals surface area contributed by atoms with Crippen molar-refractivity contribution in [1.82, 2.24) is 9.97 Å². The van der Waals surface area contributed by atoms with Crippen LogP contribution < -0.4 is 10.9 Å². The van der Waals surface area contributed by atoms with Gasteiger partial charge in [0.2, 0.25) is 0 Å². The second kappa shape index (κ2) is 13.4. The Hall–Kier alpha value is -0.840. The topological polar surface area (TPSA) is 25.8 Å². The number of hydrogen-bond donors (Lipinski definition) is 0. The van der Waals surface area contributed by atoms with Gasteiger partial charge in [0.25, 0.3) is 0 Å². The minimum Gasteiger partial charge on any atom is -0.257 e. The van der Waals surface area contributed by atoms with Crippen LogP contribution in [0.1, 0.15) is 131 Å². The number of hydrogen-bond acceptors (Lipinski definition) is 2. The van der Waals surface area contributed by atoms with Crippen LogP contribution in [0, 0.1) is 17.3 Å². The van der Waals surface area contributed by atoms with Crippen LogP contribution in [0.25, 0.3) is 0 Å². The molecule has 2 aromatic heterocycles. The van der Waals surface area contributed by atoms with E-state index in [1.807, 2.05) is 6.20 Å². The van der Waals surface area contributed by atoms with Gasteiger partial charge < -0.3 is 0 Å². The number of aromatic nitrogens is 2. The van der Waals surface area contributed by atoms with Crippen molar-refractivity contribution in [2.45, 2.75) is 153 Å². The largest absolute Gasteiger partial charge is 0.257 e. The summed E-state index contributed by atoms with van der Waals surface area (Å²) in [6.45, 7) is 15.5. The third-order valence-corrected chi connectivity index (χ3v) is 17.7. The fourth-order valence-electron chi connectivity index (χ4n) is 9.55. The van der Waals surface area contributed by atoms with E-state index in [0.29, 0.717) is 5.41 Å². The Morgan fingerprint density at radius 2 is 1.24 bits per heavy atom. The van der Waals surface area contributed by atoms with Gasteiger partial charge in [0.15, 0.2) is 0 Å². The van der Waals surface area contributed by atoms with Crippen molar-refractivity contribution in [3.63, 3.8) is 0 Å². The van der Waals surface area contributed by atoms with E-state index in [0.717, 1.165) is 23.2 Å². The zero-order valence-corrected chi connectivity index (χ0v) is 28.9. The van der Waals surface area contributed by atoms with Crippen LogP contribution in [-0.4, -0.2) is 31.6 Å². The molecule has 5 rings (SSSR count). The first-order valence-electron chi connectivity index (χ1n) is 17.0.